The quantitative estimate of drug-likeness (QED) is 0.0311. The van der Waals surface area contributed by atoms with E-state index in [1.807, 2.05) is 0 Å². The number of aliphatic carboxylic acids is 1. The van der Waals surface area contributed by atoms with Crippen molar-refractivity contribution in [2.24, 2.45) is 11.5 Å². The molecule has 4 atom stereocenters. The Morgan fingerprint density at radius 3 is 2.45 bits per heavy atom. The number of carboxylic acids is 1. The van der Waals surface area contributed by atoms with Crippen LogP contribution in [0.2, 0.25) is 0 Å². The van der Waals surface area contributed by atoms with E-state index in [1.165, 1.54) is 5.01 Å². The number of nitrogens with two attached hydrogens (primary N) is 2. The minimum Gasteiger partial charge on any atom is -0.481 e. The number of rotatable bonds is 17. The minimum atomic E-state index is -1.62. The molecule has 1 saturated heterocycles. The number of carbonyl (C=O) groups excluding carboxylic acids is 4. The summed E-state index contributed by atoms with van der Waals surface area (Å²) in [7, 11) is 0. The van der Waals surface area contributed by atoms with Crippen molar-refractivity contribution in [1.29, 1.82) is 0 Å². The van der Waals surface area contributed by atoms with Crippen molar-refractivity contribution >= 4 is 42.5 Å². The number of nitrogens with one attached hydrogen (secondary N) is 4. The van der Waals surface area contributed by atoms with Gasteiger partial charge in [-0.05, 0) is 32.2 Å². The number of amides is 1. The lowest BCUT2D eigenvalue weighted by Gasteiger charge is -2.28. The fourth-order valence-electron chi connectivity index (χ4n) is 3.34. The van der Waals surface area contributed by atoms with Gasteiger partial charge in [-0.2, -0.15) is 0 Å². The first-order valence-corrected chi connectivity index (χ1v) is 10.9. The first-order chi connectivity index (χ1) is 15.6. The molecule has 0 aromatic heterocycles. The second-order valence-corrected chi connectivity index (χ2v) is 7.86. The number of carboxylic acid groups (broad SMARTS) is 1. The third-order valence-electron chi connectivity index (χ3n) is 5.03. The van der Waals surface area contributed by atoms with Gasteiger partial charge in [-0.3, -0.25) is 29.2 Å². The van der Waals surface area contributed by atoms with Gasteiger partial charge in [0.25, 0.3) is 0 Å². The minimum absolute atomic E-state index is 0.317. The Bertz CT molecular complexity index is 693. The molecule has 15 heteroatoms. The van der Waals surface area contributed by atoms with Crippen molar-refractivity contribution < 1.29 is 34.2 Å². The summed E-state index contributed by atoms with van der Waals surface area (Å²) in [4.78, 5) is 60.5. The van der Waals surface area contributed by atoms with E-state index in [0.29, 0.717) is 45.1 Å². The molecule has 0 saturated carbocycles. The van der Waals surface area contributed by atoms with Crippen molar-refractivity contribution in [1.82, 2.24) is 25.8 Å². The van der Waals surface area contributed by atoms with Gasteiger partial charge < -0.3 is 31.8 Å². The van der Waals surface area contributed by atoms with Crippen molar-refractivity contribution in [3.05, 3.63) is 0 Å². The van der Waals surface area contributed by atoms with Crippen LogP contribution in [-0.2, 0) is 24.0 Å². The zero-order valence-electron chi connectivity index (χ0n) is 18.1. The molecule has 0 aliphatic carbocycles. The van der Waals surface area contributed by atoms with Crippen LogP contribution in [0.15, 0.2) is 0 Å². The zero-order chi connectivity index (χ0) is 25.0. The number of carbonyl (C=O) groups is 5. The molecule has 1 fully saturated rings. The molecule has 1 rings (SSSR count). The predicted molar refractivity (Wildman–Crippen MR) is 119 cm³/mol. The highest BCUT2D eigenvalue weighted by molar-refractivity contribution is 7.78. The number of hydrazine groups is 1. The van der Waals surface area contributed by atoms with Crippen molar-refractivity contribution in [3.63, 3.8) is 0 Å². The standard InChI is InChI=1S/C18H33N7O7S/c19-18(20)21-5-1-3-10(8-26)23-25-6-2-4-13(25)16(31)15(30)11(7-14(28)29)22-17(32)12(9-27)24-33/h8,10-13,18,21,23-24,27,33H,1-7,9,19-20H2,(H,22,32)(H,28,29)/t10-,11-,12-,13-/m0/s1. The number of hydrogen-bond donors (Lipinski definition) is 9. The first-order valence-electron chi connectivity index (χ1n) is 10.5. The van der Waals surface area contributed by atoms with Crippen LogP contribution in [0.3, 0.4) is 0 Å². The third-order valence-corrected chi connectivity index (χ3v) is 5.34. The summed E-state index contributed by atoms with van der Waals surface area (Å²) in [5.41, 5.74) is 13.7. The molecule has 14 nitrogen and oxygen atoms in total. The van der Waals surface area contributed by atoms with Crippen LogP contribution in [0.1, 0.15) is 32.1 Å². The van der Waals surface area contributed by atoms with Gasteiger partial charge in [0.2, 0.25) is 17.5 Å². The summed E-state index contributed by atoms with van der Waals surface area (Å²) < 4.78 is 2.21. The third kappa shape index (κ3) is 9.81. The van der Waals surface area contributed by atoms with Gasteiger partial charge in [0, 0.05) is 6.54 Å². The maximum absolute atomic E-state index is 12.9. The fraction of sp³-hybridized carbons (Fsp3) is 0.722. The molecule has 188 valence electrons. The lowest BCUT2D eigenvalue weighted by molar-refractivity contribution is -0.145. The number of aliphatic hydroxyl groups is 1. The van der Waals surface area contributed by atoms with E-state index in [0.717, 1.165) is 0 Å². The lowest BCUT2D eigenvalue weighted by atomic mass is 9.99. The van der Waals surface area contributed by atoms with Crippen LogP contribution in [0.25, 0.3) is 0 Å². The average molecular weight is 492 g/mol. The van der Waals surface area contributed by atoms with Gasteiger partial charge in [0.05, 0.1) is 25.1 Å². The largest absolute Gasteiger partial charge is 0.481 e. The zero-order valence-corrected chi connectivity index (χ0v) is 19.0. The number of thiol groups is 1. The second-order valence-electron chi connectivity index (χ2n) is 7.60. The molecule has 1 amide bonds. The van der Waals surface area contributed by atoms with Crippen molar-refractivity contribution in [3.8, 4) is 0 Å². The Kier molecular flexibility index (Phi) is 13.2. The van der Waals surface area contributed by atoms with E-state index in [4.69, 9.17) is 21.7 Å². The van der Waals surface area contributed by atoms with Crippen LogP contribution in [-0.4, -0.2) is 95.1 Å². The summed E-state index contributed by atoms with van der Waals surface area (Å²) >= 11 is 3.69. The van der Waals surface area contributed by atoms with Gasteiger partial charge in [-0.1, -0.05) is 12.8 Å². The summed E-state index contributed by atoms with van der Waals surface area (Å²) in [6.45, 7) is 0.223. The molecule has 0 aromatic carbocycles. The molecule has 0 unspecified atom stereocenters. The molecule has 1 aliphatic heterocycles. The molecule has 10 N–H and O–H groups in total. The molecule has 0 bridgehead atoms. The summed E-state index contributed by atoms with van der Waals surface area (Å²) in [5, 5.41) is 24.8. The number of aliphatic hydroxyl groups excluding tert-OH is 1. The maximum Gasteiger partial charge on any atom is 0.305 e. The van der Waals surface area contributed by atoms with E-state index in [1.54, 1.807) is 0 Å². The fourth-order valence-corrected chi connectivity index (χ4v) is 3.53. The van der Waals surface area contributed by atoms with Crippen LogP contribution < -0.4 is 32.2 Å². The molecule has 1 heterocycles. The highest BCUT2D eigenvalue weighted by Crippen LogP contribution is 2.18. The molecule has 0 spiro atoms. The second kappa shape index (κ2) is 15.0. The Balaban J connectivity index is 2.81. The Labute approximate surface area is 196 Å². The Morgan fingerprint density at radius 1 is 1.21 bits per heavy atom. The average Bonchev–Trinajstić information content (AvgIpc) is 3.22. The van der Waals surface area contributed by atoms with E-state index >= 15 is 0 Å². The van der Waals surface area contributed by atoms with Gasteiger partial charge in [0.1, 0.15) is 24.7 Å². The maximum atomic E-state index is 12.9. The number of ketones is 2. The van der Waals surface area contributed by atoms with Crippen LogP contribution in [0.5, 0.6) is 0 Å². The summed E-state index contributed by atoms with van der Waals surface area (Å²) in [6, 6.07) is -4.35. The van der Waals surface area contributed by atoms with E-state index in [9.17, 15) is 24.0 Å². The Hall–Kier alpha value is -1.98. The number of nitrogens with zero attached hydrogens (tertiary/aromatic N) is 1. The molecular weight excluding hydrogens is 458 g/mol. The predicted octanol–water partition coefficient (Wildman–Crippen LogP) is -4.01. The van der Waals surface area contributed by atoms with Crippen molar-refractivity contribution in [2.75, 3.05) is 19.7 Å². The number of hydrogen-bond acceptors (Lipinski definition) is 13. The van der Waals surface area contributed by atoms with E-state index < -0.39 is 66.9 Å². The van der Waals surface area contributed by atoms with E-state index in [2.05, 4.69) is 33.6 Å². The SMILES string of the molecule is NC(N)NCCC[C@@H](C=O)NN1CCC[C@H]1C(=O)C(=O)[C@H](CC(=O)O)NC(=O)[C@H](CO)NS. The number of Topliss-reactive ketones (excluding diaryl/α,β-unsaturated/α-hetero) is 2. The molecule has 0 radical (unpaired) electrons. The van der Waals surface area contributed by atoms with E-state index in [-0.39, 0.29) is 0 Å². The monoisotopic (exact) mass is 491 g/mol. The highest BCUT2D eigenvalue weighted by Gasteiger charge is 2.39. The molecular formula is C18H33N7O7S. The normalized spacial score (nSPS) is 19.1. The molecule has 0 aromatic rings. The van der Waals surface area contributed by atoms with Crippen LogP contribution in [0.4, 0.5) is 0 Å². The number of aldehydes is 1. The highest BCUT2D eigenvalue weighted by atomic mass is 32.1. The first kappa shape index (κ1) is 29.1. The topological polar surface area (TPSA) is 229 Å². The Morgan fingerprint density at radius 2 is 1.91 bits per heavy atom. The van der Waals surface area contributed by atoms with Crippen molar-refractivity contribution in [2.45, 2.75) is 62.6 Å². The van der Waals surface area contributed by atoms with Gasteiger partial charge in [0.15, 0.2) is 0 Å². The molecule has 33 heavy (non-hydrogen) atoms. The summed E-state index contributed by atoms with van der Waals surface area (Å²) in [5.74, 6) is -4.24. The lowest BCUT2D eigenvalue weighted by Crippen LogP contribution is -2.56. The smallest absolute Gasteiger partial charge is 0.305 e. The van der Waals surface area contributed by atoms with Crippen LogP contribution >= 0.6 is 12.8 Å². The summed E-state index contributed by atoms with van der Waals surface area (Å²) in [6.07, 6.45) is 1.09. The molecule has 1 aliphatic rings. The van der Waals surface area contributed by atoms with Gasteiger partial charge in [-0.15, -0.1) is 0 Å². The van der Waals surface area contributed by atoms with Gasteiger partial charge >= 0.3 is 5.97 Å². The van der Waals surface area contributed by atoms with Gasteiger partial charge in [-0.25, -0.2) is 10.4 Å². The van der Waals surface area contributed by atoms with Crippen LogP contribution in [0, 0.1) is 0 Å².